The summed E-state index contributed by atoms with van der Waals surface area (Å²) >= 11 is 0. The van der Waals surface area contributed by atoms with E-state index in [9.17, 15) is 9.59 Å². The van der Waals surface area contributed by atoms with Crippen molar-refractivity contribution in [3.8, 4) is 11.1 Å². The van der Waals surface area contributed by atoms with Crippen LogP contribution in [0.2, 0.25) is 0 Å². The van der Waals surface area contributed by atoms with Gasteiger partial charge in [-0.3, -0.25) is 10.1 Å². The number of piperidine rings is 1. The molecule has 1 heterocycles. The molecule has 0 aromatic heterocycles. The molecule has 2 N–H and O–H groups in total. The Labute approximate surface area is 238 Å². The lowest BCUT2D eigenvalue weighted by molar-refractivity contribution is 0.0540. The molecular formula is C33H42N4O3. The number of anilines is 1. The number of nitrogens with one attached hydrogen (secondary N) is 2. The minimum Gasteiger partial charge on any atom is -0.446 e. The predicted molar refractivity (Wildman–Crippen MR) is 161 cm³/mol. The molecule has 3 aromatic carbocycles. The van der Waals surface area contributed by atoms with Crippen LogP contribution < -0.4 is 10.6 Å². The van der Waals surface area contributed by atoms with Crippen molar-refractivity contribution in [1.29, 1.82) is 0 Å². The van der Waals surface area contributed by atoms with Gasteiger partial charge in [0.05, 0.1) is 5.69 Å². The van der Waals surface area contributed by atoms with Gasteiger partial charge in [-0.15, -0.1) is 0 Å². The molecule has 0 spiro atoms. The van der Waals surface area contributed by atoms with E-state index in [4.69, 9.17) is 4.74 Å². The molecule has 7 heteroatoms. The number of amides is 2. The lowest BCUT2D eigenvalue weighted by atomic mass is 10.0. The Morgan fingerprint density at radius 1 is 0.925 bits per heavy atom. The molecule has 40 heavy (non-hydrogen) atoms. The molecule has 2 amide bonds. The van der Waals surface area contributed by atoms with Gasteiger partial charge in [0.25, 0.3) is 5.91 Å². The first-order chi connectivity index (χ1) is 19.2. The number of hydrogen-bond donors (Lipinski definition) is 2. The van der Waals surface area contributed by atoms with Gasteiger partial charge in [0.2, 0.25) is 0 Å². The van der Waals surface area contributed by atoms with Crippen LogP contribution in [0.1, 0.15) is 49.5 Å². The fraction of sp³-hybridized carbons (Fsp3) is 0.394. The molecule has 1 saturated heterocycles. The molecule has 212 valence electrons. The summed E-state index contributed by atoms with van der Waals surface area (Å²) in [7, 11) is 1.85. The predicted octanol–water partition coefficient (Wildman–Crippen LogP) is 6.03. The summed E-state index contributed by atoms with van der Waals surface area (Å²) in [5.41, 5.74) is 4.65. The van der Waals surface area contributed by atoms with E-state index >= 15 is 0 Å². The average Bonchev–Trinajstić information content (AvgIpc) is 2.96. The Morgan fingerprint density at radius 3 is 2.25 bits per heavy atom. The Bertz CT molecular complexity index is 1250. The molecule has 0 unspecified atom stereocenters. The quantitative estimate of drug-likeness (QED) is 0.346. The monoisotopic (exact) mass is 542 g/mol. The number of carbonyl (C=O) groups excluding carboxylic acids is 2. The Hall–Kier alpha value is -3.68. The maximum Gasteiger partial charge on any atom is 0.411 e. The van der Waals surface area contributed by atoms with E-state index in [2.05, 4.69) is 36.3 Å². The Morgan fingerprint density at radius 2 is 1.57 bits per heavy atom. The molecule has 0 saturated carbocycles. The van der Waals surface area contributed by atoms with E-state index in [0.717, 1.165) is 61.4 Å². The van der Waals surface area contributed by atoms with Gasteiger partial charge in [0, 0.05) is 56.4 Å². The number of likely N-dealkylation sites (tertiary alicyclic amines) is 1. The first-order valence-corrected chi connectivity index (χ1v) is 14.1. The van der Waals surface area contributed by atoms with Gasteiger partial charge in [-0.25, -0.2) is 4.79 Å². The van der Waals surface area contributed by atoms with Crippen molar-refractivity contribution >= 4 is 17.7 Å². The van der Waals surface area contributed by atoms with Gasteiger partial charge in [0.15, 0.2) is 0 Å². The Kier molecular flexibility index (Phi) is 9.96. The molecule has 4 rings (SSSR count). The number of benzene rings is 3. The zero-order valence-electron chi connectivity index (χ0n) is 24.2. The number of ether oxygens (including phenoxy) is 1. The second kappa shape index (κ2) is 13.6. The molecule has 1 aliphatic rings. The normalized spacial score (nSPS) is 14.5. The summed E-state index contributed by atoms with van der Waals surface area (Å²) in [5.74, 6) is 0.0287. The first-order valence-electron chi connectivity index (χ1n) is 14.1. The molecule has 0 aliphatic carbocycles. The van der Waals surface area contributed by atoms with Gasteiger partial charge >= 0.3 is 6.09 Å². The van der Waals surface area contributed by atoms with Crippen LogP contribution in [0.5, 0.6) is 0 Å². The minimum absolute atomic E-state index is 0.0287. The maximum absolute atomic E-state index is 12.9. The van der Waals surface area contributed by atoms with Crippen molar-refractivity contribution in [2.24, 2.45) is 0 Å². The van der Waals surface area contributed by atoms with Crippen molar-refractivity contribution in [3.05, 3.63) is 90.0 Å². The van der Waals surface area contributed by atoms with Crippen LogP contribution in [-0.4, -0.2) is 66.7 Å². The van der Waals surface area contributed by atoms with Crippen LogP contribution in [0.4, 0.5) is 10.5 Å². The van der Waals surface area contributed by atoms with Crippen LogP contribution in [0, 0.1) is 0 Å². The molecule has 1 fully saturated rings. The number of rotatable bonds is 9. The third-order valence-electron chi connectivity index (χ3n) is 7.18. The molecule has 0 bridgehead atoms. The van der Waals surface area contributed by atoms with Crippen molar-refractivity contribution in [2.75, 3.05) is 38.5 Å². The van der Waals surface area contributed by atoms with Crippen LogP contribution >= 0.6 is 0 Å². The fourth-order valence-electron chi connectivity index (χ4n) is 4.75. The number of nitrogens with zero attached hydrogens (tertiary/aromatic N) is 2. The van der Waals surface area contributed by atoms with E-state index in [0.29, 0.717) is 12.1 Å². The first kappa shape index (κ1) is 29.3. The van der Waals surface area contributed by atoms with Crippen LogP contribution in [0.3, 0.4) is 0 Å². The summed E-state index contributed by atoms with van der Waals surface area (Å²) in [6.07, 6.45) is 1.00. The minimum atomic E-state index is -0.424. The third kappa shape index (κ3) is 8.66. The third-order valence-corrected chi connectivity index (χ3v) is 7.18. The second-order valence-corrected chi connectivity index (χ2v) is 11.5. The highest BCUT2D eigenvalue weighted by atomic mass is 16.6. The van der Waals surface area contributed by atoms with Gasteiger partial charge in [-0.2, -0.15) is 0 Å². The van der Waals surface area contributed by atoms with Gasteiger partial charge in [-0.05, 0) is 62.9 Å². The highest BCUT2D eigenvalue weighted by Gasteiger charge is 2.23. The van der Waals surface area contributed by atoms with E-state index in [-0.39, 0.29) is 17.6 Å². The number of hydrogen-bond acceptors (Lipinski definition) is 5. The smallest absolute Gasteiger partial charge is 0.411 e. The average molecular weight is 543 g/mol. The lowest BCUT2D eigenvalue weighted by Gasteiger charge is -2.32. The largest absolute Gasteiger partial charge is 0.446 e. The molecule has 0 radical (unpaired) electrons. The molecule has 1 aliphatic heterocycles. The van der Waals surface area contributed by atoms with Crippen molar-refractivity contribution in [3.63, 3.8) is 0 Å². The number of carbonyl (C=O) groups is 2. The van der Waals surface area contributed by atoms with E-state index in [1.54, 1.807) is 4.90 Å². The summed E-state index contributed by atoms with van der Waals surface area (Å²) in [4.78, 5) is 29.7. The zero-order chi connectivity index (χ0) is 28.5. The van der Waals surface area contributed by atoms with Crippen LogP contribution in [0.15, 0.2) is 78.9 Å². The lowest BCUT2D eigenvalue weighted by Crippen LogP contribution is -2.42. The van der Waals surface area contributed by atoms with Gasteiger partial charge < -0.3 is 19.9 Å². The van der Waals surface area contributed by atoms with Gasteiger partial charge in [0.1, 0.15) is 6.10 Å². The maximum atomic E-state index is 12.9. The summed E-state index contributed by atoms with van der Waals surface area (Å²) in [6, 6.07) is 25.6. The van der Waals surface area contributed by atoms with Crippen LogP contribution in [-0.2, 0) is 11.3 Å². The van der Waals surface area contributed by atoms with E-state index in [1.165, 1.54) is 0 Å². The molecular weight excluding hydrogens is 500 g/mol. The SMILES string of the molecule is CN(CCN1CCC(OC(=O)Nc2ccccc2-c2ccccc2)CC1)C(=O)c1ccc(CNC(C)(C)C)cc1. The summed E-state index contributed by atoms with van der Waals surface area (Å²) in [5, 5.41) is 6.40. The second-order valence-electron chi connectivity index (χ2n) is 11.5. The summed E-state index contributed by atoms with van der Waals surface area (Å²) < 4.78 is 5.76. The highest BCUT2D eigenvalue weighted by molar-refractivity contribution is 5.94. The molecule has 3 aromatic rings. The standard InChI is InChI=1S/C33H42N4O3/c1-33(2,3)34-24-25-14-16-27(17-15-25)31(38)36(4)22-23-37-20-18-28(19-21-37)40-32(39)35-30-13-9-8-12-29(30)26-10-6-5-7-11-26/h5-17,28,34H,18-24H2,1-4H3,(H,35,39). The fourth-order valence-corrected chi connectivity index (χ4v) is 4.75. The molecule has 0 atom stereocenters. The summed E-state index contributed by atoms with van der Waals surface area (Å²) in [6.45, 7) is 10.3. The molecule has 7 nitrogen and oxygen atoms in total. The van der Waals surface area contributed by atoms with Crippen molar-refractivity contribution < 1.29 is 14.3 Å². The Balaban J connectivity index is 1.18. The number of para-hydroxylation sites is 1. The van der Waals surface area contributed by atoms with Gasteiger partial charge in [-0.1, -0.05) is 60.7 Å². The highest BCUT2D eigenvalue weighted by Crippen LogP contribution is 2.28. The van der Waals surface area contributed by atoms with Crippen molar-refractivity contribution in [1.82, 2.24) is 15.1 Å². The van der Waals surface area contributed by atoms with E-state index < -0.39 is 6.09 Å². The van der Waals surface area contributed by atoms with Crippen molar-refractivity contribution in [2.45, 2.75) is 51.8 Å². The topological polar surface area (TPSA) is 73.9 Å². The zero-order valence-corrected chi connectivity index (χ0v) is 24.2. The number of likely N-dealkylation sites (N-methyl/N-ethyl adjacent to an activating group) is 1. The van der Waals surface area contributed by atoms with E-state index in [1.807, 2.05) is 85.9 Å². The van der Waals surface area contributed by atoms with Crippen LogP contribution in [0.25, 0.3) is 11.1 Å².